The number of alkyl halides is 3. The smallest absolute Gasteiger partial charge is 0.410 e. The number of aromatic carboxylic acids is 1. The van der Waals surface area contributed by atoms with E-state index in [2.05, 4.69) is 15.5 Å². The topological polar surface area (TPSA) is 85.0 Å². The molecule has 2 atom stereocenters. The summed E-state index contributed by atoms with van der Waals surface area (Å²) in [6.45, 7) is 0. The van der Waals surface area contributed by atoms with Crippen LogP contribution < -0.4 is 5.32 Å². The summed E-state index contributed by atoms with van der Waals surface area (Å²) in [4.78, 5) is 10.9. The highest BCUT2D eigenvalue weighted by atomic mass is 19.4. The zero-order valence-electron chi connectivity index (χ0n) is 11.4. The van der Waals surface area contributed by atoms with Gasteiger partial charge in [-0.15, -0.1) is 0 Å². The fourth-order valence-electron chi connectivity index (χ4n) is 2.52. The van der Waals surface area contributed by atoms with Crippen LogP contribution in [0.1, 0.15) is 34.6 Å². The highest BCUT2D eigenvalue weighted by Crippen LogP contribution is 2.43. The molecule has 0 saturated heterocycles. The molecule has 0 amide bonds. The van der Waals surface area contributed by atoms with Gasteiger partial charge in [0, 0.05) is 31.3 Å². The third kappa shape index (κ3) is 2.40. The van der Waals surface area contributed by atoms with Crippen molar-refractivity contribution in [1.29, 1.82) is 0 Å². The van der Waals surface area contributed by atoms with Gasteiger partial charge in [0.15, 0.2) is 11.7 Å². The van der Waals surface area contributed by atoms with Gasteiger partial charge in [0.2, 0.25) is 0 Å². The number of carboxylic acids is 1. The Balaban J connectivity index is 2.02. The van der Waals surface area contributed by atoms with Gasteiger partial charge < -0.3 is 10.4 Å². The van der Waals surface area contributed by atoms with E-state index in [-0.39, 0.29) is 12.2 Å². The molecule has 10 heteroatoms. The molecule has 0 fully saturated rings. The van der Waals surface area contributed by atoms with Crippen molar-refractivity contribution in [3.63, 3.8) is 0 Å². The van der Waals surface area contributed by atoms with E-state index in [9.17, 15) is 18.0 Å². The zero-order valence-corrected chi connectivity index (χ0v) is 11.4. The zero-order chi connectivity index (χ0) is 16.1. The van der Waals surface area contributed by atoms with E-state index >= 15 is 0 Å². The van der Waals surface area contributed by atoms with Crippen LogP contribution in [0.15, 0.2) is 18.5 Å². The predicted octanol–water partition coefficient (Wildman–Crippen LogP) is 1.98. The van der Waals surface area contributed by atoms with Crippen molar-refractivity contribution in [2.45, 2.75) is 24.7 Å². The normalized spacial score (nSPS) is 21.3. The van der Waals surface area contributed by atoms with Crippen molar-refractivity contribution in [1.82, 2.24) is 19.6 Å². The Morgan fingerprint density at radius 3 is 2.77 bits per heavy atom. The highest BCUT2D eigenvalue weighted by Gasteiger charge is 2.47. The molecule has 0 aromatic carbocycles. The van der Waals surface area contributed by atoms with Crippen molar-refractivity contribution < 1.29 is 23.1 Å². The second kappa shape index (κ2) is 4.75. The van der Waals surface area contributed by atoms with Crippen LogP contribution in [-0.2, 0) is 7.05 Å². The summed E-state index contributed by atoms with van der Waals surface area (Å²) in [6.07, 6.45) is -1.72. The van der Waals surface area contributed by atoms with Crippen LogP contribution in [0.4, 0.5) is 19.0 Å². The SMILES string of the molecule is Cn1cc([C@@H]2C[C@H](C(F)(F)F)n3nc(C(=O)O)cc3N2)cn1. The van der Waals surface area contributed by atoms with Gasteiger partial charge in [0.1, 0.15) is 5.82 Å². The number of rotatable bonds is 2. The van der Waals surface area contributed by atoms with E-state index in [1.54, 1.807) is 13.2 Å². The molecule has 0 bridgehead atoms. The second-order valence-electron chi connectivity index (χ2n) is 5.10. The van der Waals surface area contributed by atoms with Gasteiger partial charge in [-0.25, -0.2) is 9.48 Å². The first kappa shape index (κ1) is 14.4. The van der Waals surface area contributed by atoms with E-state index in [1.807, 2.05) is 0 Å². The first-order valence-electron chi connectivity index (χ1n) is 6.40. The van der Waals surface area contributed by atoms with Crippen LogP contribution in [-0.4, -0.2) is 36.8 Å². The third-order valence-electron chi connectivity index (χ3n) is 3.54. The summed E-state index contributed by atoms with van der Waals surface area (Å²) in [5.74, 6) is -1.35. The average molecular weight is 315 g/mol. The summed E-state index contributed by atoms with van der Waals surface area (Å²) in [6, 6.07) is -1.41. The molecule has 0 spiro atoms. The van der Waals surface area contributed by atoms with Crippen LogP contribution in [0.2, 0.25) is 0 Å². The minimum atomic E-state index is -4.53. The first-order chi connectivity index (χ1) is 10.3. The number of hydrogen-bond acceptors (Lipinski definition) is 4. The van der Waals surface area contributed by atoms with Crippen LogP contribution >= 0.6 is 0 Å². The van der Waals surface area contributed by atoms with Crippen LogP contribution in [0, 0.1) is 0 Å². The number of halogens is 3. The minimum absolute atomic E-state index is 0.0276. The largest absolute Gasteiger partial charge is 0.476 e. The molecule has 0 aliphatic carbocycles. The molecule has 118 valence electrons. The molecule has 2 aromatic heterocycles. The van der Waals surface area contributed by atoms with Gasteiger partial charge in [-0.1, -0.05) is 0 Å². The summed E-state index contributed by atoms with van der Waals surface area (Å²) in [5.41, 5.74) is 0.171. The lowest BCUT2D eigenvalue weighted by Crippen LogP contribution is -2.35. The van der Waals surface area contributed by atoms with Crippen molar-refractivity contribution in [3.05, 3.63) is 29.7 Å². The number of aryl methyl sites for hydroxylation is 1. The van der Waals surface area contributed by atoms with E-state index in [0.717, 1.165) is 6.07 Å². The van der Waals surface area contributed by atoms with E-state index in [4.69, 9.17) is 5.11 Å². The lowest BCUT2D eigenvalue weighted by Gasteiger charge is -2.32. The predicted molar refractivity (Wildman–Crippen MR) is 68.5 cm³/mol. The van der Waals surface area contributed by atoms with Crippen molar-refractivity contribution in [3.8, 4) is 0 Å². The molecule has 3 heterocycles. The van der Waals surface area contributed by atoms with Gasteiger partial charge in [-0.3, -0.25) is 4.68 Å². The summed E-state index contributed by atoms with van der Waals surface area (Å²) in [5, 5.41) is 19.3. The van der Waals surface area contributed by atoms with Crippen molar-refractivity contribution in [2.75, 3.05) is 5.32 Å². The number of nitrogens with one attached hydrogen (secondary N) is 1. The lowest BCUT2D eigenvalue weighted by molar-refractivity contribution is -0.173. The molecule has 7 nitrogen and oxygen atoms in total. The van der Waals surface area contributed by atoms with Gasteiger partial charge in [0.25, 0.3) is 0 Å². The molecular formula is C12H12F3N5O2. The Bertz CT molecular complexity index is 721. The fourth-order valence-corrected chi connectivity index (χ4v) is 2.52. The average Bonchev–Trinajstić information content (AvgIpc) is 3.01. The number of anilines is 1. The number of carbonyl (C=O) groups is 1. The van der Waals surface area contributed by atoms with E-state index in [1.165, 1.54) is 10.9 Å². The molecule has 3 rings (SSSR count). The molecular weight excluding hydrogens is 303 g/mol. The Morgan fingerprint density at radius 2 is 2.23 bits per heavy atom. The number of aromatic nitrogens is 4. The van der Waals surface area contributed by atoms with Gasteiger partial charge in [-0.05, 0) is 0 Å². The minimum Gasteiger partial charge on any atom is -0.476 e. The number of carboxylic acid groups (broad SMARTS) is 1. The maximum atomic E-state index is 13.3. The monoisotopic (exact) mass is 315 g/mol. The number of nitrogens with zero attached hydrogens (tertiary/aromatic N) is 4. The molecule has 0 unspecified atom stereocenters. The van der Waals surface area contributed by atoms with Crippen LogP contribution in [0.5, 0.6) is 0 Å². The molecule has 0 saturated carbocycles. The fraction of sp³-hybridized carbons (Fsp3) is 0.417. The quantitative estimate of drug-likeness (QED) is 0.885. The molecule has 1 aliphatic rings. The van der Waals surface area contributed by atoms with Crippen LogP contribution in [0.3, 0.4) is 0 Å². The molecule has 0 radical (unpaired) electrons. The van der Waals surface area contributed by atoms with Crippen molar-refractivity contribution in [2.24, 2.45) is 7.05 Å². The maximum Gasteiger partial charge on any atom is 0.410 e. The Labute approximate surface area is 122 Å². The Morgan fingerprint density at radius 1 is 1.50 bits per heavy atom. The molecule has 2 N–H and O–H groups in total. The number of fused-ring (bicyclic) bond motifs is 1. The first-order valence-corrected chi connectivity index (χ1v) is 6.40. The summed E-state index contributed by atoms with van der Waals surface area (Å²) in [7, 11) is 1.67. The highest BCUT2D eigenvalue weighted by molar-refractivity contribution is 5.86. The molecule has 2 aromatic rings. The number of hydrogen-bond donors (Lipinski definition) is 2. The van der Waals surface area contributed by atoms with Gasteiger partial charge in [-0.2, -0.15) is 23.4 Å². The van der Waals surface area contributed by atoms with Crippen molar-refractivity contribution >= 4 is 11.8 Å². The Hall–Kier alpha value is -2.52. The van der Waals surface area contributed by atoms with E-state index < -0.39 is 29.9 Å². The molecule has 22 heavy (non-hydrogen) atoms. The Kier molecular flexibility index (Phi) is 3.11. The third-order valence-corrected chi connectivity index (χ3v) is 3.54. The second-order valence-corrected chi connectivity index (χ2v) is 5.10. The summed E-state index contributed by atoms with van der Waals surface area (Å²) < 4.78 is 42.0. The summed E-state index contributed by atoms with van der Waals surface area (Å²) >= 11 is 0. The van der Waals surface area contributed by atoms with E-state index in [0.29, 0.717) is 10.2 Å². The van der Waals surface area contributed by atoms with Gasteiger partial charge >= 0.3 is 12.1 Å². The molecule has 1 aliphatic heterocycles. The van der Waals surface area contributed by atoms with Gasteiger partial charge in [0.05, 0.1) is 12.2 Å². The standard InChI is InChI=1S/C12H12F3N5O2/c1-19-5-6(4-16-19)7-2-9(12(13,14)15)20-10(17-7)3-8(18-20)11(21)22/h3-5,7,9,17H,2H2,1H3,(H,21,22)/t7-,9+/m0/s1. The lowest BCUT2D eigenvalue weighted by atomic mass is 9.99. The maximum absolute atomic E-state index is 13.3. The van der Waals surface area contributed by atoms with Crippen LogP contribution in [0.25, 0.3) is 0 Å².